The fourth-order valence-corrected chi connectivity index (χ4v) is 4.32. The van der Waals surface area contributed by atoms with Gasteiger partial charge in [-0.05, 0) is 68.1 Å². The molecule has 1 unspecified atom stereocenters. The van der Waals surface area contributed by atoms with Crippen molar-refractivity contribution >= 4 is 16.8 Å². The summed E-state index contributed by atoms with van der Waals surface area (Å²) in [5.41, 5.74) is 3.95. The van der Waals surface area contributed by atoms with E-state index >= 15 is 0 Å². The molecule has 0 spiro atoms. The topological polar surface area (TPSA) is 55.2 Å². The molecule has 4 rings (SSSR count). The van der Waals surface area contributed by atoms with Gasteiger partial charge in [0.15, 0.2) is 0 Å². The van der Waals surface area contributed by atoms with E-state index in [2.05, 4.69) is 13.8 Å². The minimum Gasteiger partial charge on any atom is -0.328 e. The number of rotatable bonds is 6. The molecule has 4 aromatic rings. The number of hydrogen-bond acceptors (Lipinski definition) is 3. The maximum Gasteiger partial charge on any atom is 0.266 e. The Morgan fingerprint density at radius 2 is 1.62 bits per heavy atom. The Hall–Kier alpha value is -3.73. The molecule has 3 aromatic carbocycles. The largest absolute Gasteiger partial charge is 0.328 e. The van der Waals surface area contributed by atoms with E-state index in [9.17, 15) is 9.59 Å². The van der Waals surface area contributed by atoms with E-state index in [-0.39, 0.29) is 17.4 Å². The molecule has 0 aliphatic rings. The van der Waals surface area contributed by atoms with Crippen molar-refractivity contribution in [3.63, 3.8) is 0 Å². The van der Waals surface area contributed by atoms with Crippen LogP contribution in [-0.2, 0) is 0 Å². The minimum absolute atomic E-state index is 0.0725. The molecule has 1 atom stereocenters. The molecular formula is C29H31N3O2. The molecule has 0 bridgehead atoms. The molecule has 0 fully saturated rings. The predicted octanol–water partition coefficient (Wildman–Crippen LogP) is 5.86. The number of fused-ring (bicyclic) bond motifs is 1. The highest BCUT2D eigenvalue weighted by molar-refractivity contribution is 5.94. The summed E-state index contributed by atoms with van der Waals surface area (Å²) in [4.78, 5) is 34.2. The summed E-state index contributed by atoms with van der Waals surface area (Å²) in [6.45, 7) is 10.7. The first kappa shape index (κ1) is 23.4. The van der Waals surface area contributed by atoms with Gasteiger partial charge >= 0.3 is 0 Å². The van der Waals surface area contributed by atoms with Crippen molar-refractivity contribution in [1.82, 2.24) is 14.5 Å². The zero-order valence-electron chi connectivity index (χ0n) is 20.4. The lowest BCUT2D eigenvalue weighted by molar-refractivity contribution is 0.0655. The third kappa shape index (κ3) is 4.51. The Morgan fingerprint density at radius 1 is 0.941 bits per heavy atom. The maximum absolute atomic E-state index is 13.8. The van der Waals surface area contributed by atoms with Crippen LogP contribution < -0.4 is 5.56 Å². The molecule has 5 heteroatoms. The van der Waals surface area contributed by atoms with Crippen molar-refractivity contribution in [1.29, 1.82) is 0 Å². The van der Waals surface area contributed by atoms with E-state index < -0.39 is 6.04 Å². The average Bonchev–Trinajstić information content (AvgIpc) is 2.84. The van der Waals surface area contributed by atoms with Crippen molar-refractivity contribution < 1.29 is 4.79 Å². The number of aromatic nitrogens is 2. The zero-order valence-corrected chi connectivity index (χ0v) is 20.4. The van der Waals surface area contributed by atoms with Gasteiger partial charge in [0.1, 0.15) is 5.82 Å². The highest BCUT2D eigenvalue weighted by Gasteiger charge is 2.28. The molecule has 1 heterocycles. The van der Waals surface area contributed by atoms with Crippen LogP contribution in [0.15, 0.2) is 77.6 Å². The SMILES string of the molecule is Cc1ccc(C)c(-n2c(C(C)N(CC(C)C)C(=O)c3ccccc3)nc3ccccc3c2=O)c1. The standard InChI is InChI=1S/C29H31N3O2/c1-19(2)18-31(28(33)23-11-7-6-8-12-23)22(5)27-30-25-14-10-9-13-24(25)29(34)32(27)26-17-20(3)15-16-21(26)4/h6-17,19,22H,18H2,1-5H3. The third-order valence-corrected chi connectivity index (χ3v) is 6.09. The molecule has 1 aromatic heterocycles. The second-order valence-electron chi connectivity index (χ2n) is 9.31. The minimum atomic E-state index is -0.424. The van der Waals surface area contributed by atoms with Gasteiger partial charge in [-0.25, -0.2) is 4.98 Å². The quantitative estimate of drug-likeness (QED) is 0.367. The van der Waals surface area contributed by atoms with Crippen LogP contribution in [0.4, 0.5) is 0 Å². The Kier molecular flexibility index (Phi) is 6.64. The number of hydrogen-bond donors (Lipinski definition) is 0. The summed E-state index contributed by atoms with van der Waals surface area (Å²) in [7, 11) is 0. The van der Waals surface area contributed by atoms with Crippen LogP contribution in [-0.4, -0.2) is 26.9 Å². The summed E-state index contributed by atoms with van der Waals surface area (Å²) in [5, 5.41) is 0.559. The van der Waals surface area contributed by atoms with Crippen LogP contribution in [0.1, 0.15) is 54.1 Å². The summed E-state index contributed by atoms with van der Waals surface area (Å²) < 4.78 is 1.70. The van der Waals surface area contributed by atoms with Crippen LogP contribution in [0.2, 0.25) is 0 Å². The molecule has 0 radical (unpaired) electrons. The van der Waals surface area contributed by atoms with E-state index in [1.54, 1.807) is 4.57 Å². The van der Waals surface area contributed by atoms with Crippen molar-refractivity contribution in [2.45, 2.75) is 40.7 Å². The normalized spacial score (nSPS) is 12.2. The van der Waals surface area contributed by atoms with E-state index in [4.69, 9.17) is 4.98 Å². The zero-order chi connectivity index (χ0) is 24.4. The van der Waals surface area contributed by atoms with E-state index in [0.717, 1.165) is 16.8 Å². The monoisotopic (exact) mass is 453 g/mol. The van der Waals surface area contributed by atoms with E-state index in [0.29, 0.717) is 28.8 Å². The Balaban J connectivity index is 1.96. The number of nitrogens with zero attached hydrogens (tertiary/aromatic N) is 3. The van der Waals surface area contributed by atoms with Gasteiger partial charge in [0.25, 0.3) is 11.5 Å². The maximum atomic E-state index is 13.8. The number of para-hydroxylation sites is 1. The molecule has 0 saturated heterocycles. The van der Waals surface area contributed by atoms with Crippen LogP contribution in [0.3, 0.4) is 0 Å². The first-order chi connectivity index (χ1) is 16.3. The van der Waals surface area contributed by atoms with Gasteiger partial charge < -0.3 is 4.90 Å². The molecule has 174 valence electrons. The van der Waals surface area contributed by atoms with Crippen LogP contribution in [0.25, 0.3) is 16.6 Å². The fourth-order valence-electron chi connectivity index (χ4n) is 4.32. The first-order valence-corrected chi connectivity index (χ1v) is 11.7. The highest BCUT2D eigenvalue weighted by Crippen LogP contribution is 2.27. The number of benzene rings is 3. The molecular weight excluding hydrogens is 422 g/mol. The fraction of sp³-hybridized carbons (Fsp3) is 0.276. The molecule has 0 saturated carbocycles. The first-order valence-electron chi connectivity index (χ1n) is 11.7. The van der Waals surface area contributed by atoms with Gasteiger partial charge in [-0.1, -0.05) is 56.3 Å². The summed E-state index contributed by atoms with van der Waals surface area (Å²) in [6, 6.07) is 22.3. The highest BCUT2D eigenvalue weighted by atomic mass is 16.2. The van der Waals surface area contributed by atoms with E-state index in [1.807, 2.05) is 98.5 Å². The molecule has 0 N–H and O–H groups in total. The Bertz CT molecular complexity index is 1390. The Labute approximate surface area is 200 Å². The summed E-state index contributed by atoms with van der Waals surface area (Å²) in [5.74, 6) is 0.732. The number of carbonyl (C=O) groups excluding carboxylic acids is 1. The number of aryl methyl sites for hydroxylation is 2. The smallest absolute Gasteiger partial charge is 0.266 e. The van der Waals surface area contributed by atoms with Gasteiger partial charge in [0.2, 0.25) is 0 Å². The second kappa shape index (κ2) is 9.64. The lowest BCUT2D eigenvalue weighted by atomic mass is 10.1. The molecule has 0 aliphatic carbocycles. The van der Waals surface area contributed by atoms with Crippen LogP contribution in [0, 0.1) is 19.8 Å². The second-order valence-corrected chi connectivity index (χ2v) is 9.31. The van der Waals surface area contributed by atoms with Crippen molar-refractivity contribution in [3.05, 3.63) is 106 Å². The number of amides is 1. The third-order valence-electron chi connectivity index (χ3n) is 6.09. The predicted molar refractivity (Wildman–Crippen MR) is 138 cm³/mol. The van der Waals surface area contributed by atoms with Crippen LogP contribution >= 0.6 is 0 Å². The lowest BCUT2D eigenvalue weighted by Gasteiger charge is -2.32. The van der Waals surface area contributed by atoms with Gasteiger partial charge in [-0.3, -0.25) is 14.2 Å². The molecule has 1 amide bonds. The summed E-state index contributed by atoms with van der Waals surface area (Å²) in [6.07, 6.45) is 0. The van der Waals surface area contributed by atoms with Gasteiger partial charge in [0, 0.05) is 12.1 Å². The Morgan fingerprint density at radius 3 is 2.32 bits per heavy atom. The number of carbonyl (C=O) groups is 1. The average molecular weight is 454 g/mol. The van der Waals surface area contributed by atoms with Gasteiger partial charge in [-0.15, -0.1) is 0 Å². The van der Waals surface area contributed by atoms with Gasteiger partial charge in [-0.2, -0.15) is 0 Å². The van der Waals surface area contributed by atoms with Gasteiger partial charge in [0.05, 0.1) is 22.6 Å². The van der Waals surface area contributed by atoms with Crippen molar-refractivity contribution in [2.24, 2.45) is 5.92 Å². The molecule has 5 nitrogen and oxygen atoms in total. The van der Waals surface area contributed by atoms with Crippen molar-refractivity contribution in [2.75, 3.05) is 6.54 Å². The van der Waals surface area contributed by atoms with Crippen LogP contribution in [0.5, 0.6) is 0 Å². The molecule has 0 aliphatic heterocycles. The van der Waals surface area contributed by atoms with E-state index in [1.165, 1.54) is 0 Å². The summed E-state index contributed by atoms with van der Waals surface area (Å²) >= 11 is 0. The van der Waals surface area contributed by atoms with Crippen molar-refractivity contribution in [3.8, 4) is 5.69 Å². The molecule has 34 heavy (non-hydrogen) atoms. The lowest BCUT2D eigenvalue weighted by Crippen LogP contribution is -2.39.